The summed E-state index contributed by atoms with van der Waals surface area (Å²) in [5, 5.41) is 6.35. The van der Waals surface area contributed by atoms with E-state index in [1.807, 2.05) is 36.4 Å². The molecule has 142 valence electrons. The Morgan fingerprint density at radius 2 is 1.78 bits per heavy atom. The van der Waals surface area contributed by atoms with Crippen LogP contribution in [0.15, 0.2) is 54.6 Å². The van der Waals surface area contributed by atoms with Crippen LogP contribution in [0.2, 0.25) is 5.02 Å². The van der Waals surface area contributed by atoms with Gasteiger partial charge in [0.1, 0.15) is 6.10 Å². The van der Waals surface area contributed by atoms with Gasteiger partial charge in [-0.3, -0.25) is 10.1 Å². The van der Waals surface area contributed by atoms with E-state index in [2.05, 4.69) is 10.6 Å². The molecule has 2 atom stereocenters. The van der Waals surface area contributed by atoms with Crippen LogP contribution in [-0.2, 0) is 16.0 Å². The third-order valence-electron chi connectivity index (χ3n) is 4.59. The molecule has 3 rings (SSSR count). The summed E-state index contributed by atoms with van der Waals surface area (Å²) in [6.07, 6.45) is 2.79. The molecule has 0 radical (unpaired) electrons. The van der Waals surface area contributed by atoms with Crippen LogP contribution in [0.3, 0.4) is 0 Å². The molecule has 1 aliphatic rings. The number of anilines is 1. The standard InChI is InChI=1S/C21H23ClN2O3/c22-19-12-5-4-7-15(19)13-20(25)23-17-10-6-11-18(14-17)27-21(26)24-16-8-2-1-3-9-16/h1-5,7-9,12,17-18H,6,10-11,13-14H2,(H,23,25)(H,24,26)/t17-,18-/m0/s1. The topological polar surface area (TPSA) is 67.4 Å². The lowest BCUT2D eigenvalue weighted by Gasteiger charge is -2.29. The minimum Gasteiger partial charge on any atom is -0.446 e. The fourth-order valence-electron chi connectivity index (χ4n) is 3.30. The van der Waals surface area contributed by atoms with Crippen molar-refractivity contribution in [1.82, 2.24) is 5.32 Å². The number of hydrogen-bond acceptors (Lipinski definition) is 3. The summed E-state index contributed by atoms with van der Waals surface area (Å²) >= 11 is 6.11. The van der Waals surface area contributed by atoms with E-state index in [0.29, 0.717) is 17.1 Å². The molecule has 0 bridgehead atoms. The molecule has 2 aromatic carbocycles. The van der Waals surface area contributed by atoms with E-state index < -0.39 is 6.09 Å². The van der Waals surface area contributed by atoms with Gasteiger partial charge in [0.2, 0.25) is 5.91 Å². The zero-order valence-electron chi connectivity index (χ0n) is 15.0. The molecular formula is C21H23ClN2O3. The first-order valence-electron chi connectivity index (χ1n) is 9.15. The van der Waals surface area contributed by atoms with Gasteiger partial charge in [-0.25, -0.2) is 4.79 Å². The van der Waals surface area contributed by atoms with Crippen LogP contribution in [-0.4, -0.2) is 24.1 Å². The average molecular weight is 387 g/mol. The molecule has 2 amide bonds. The molecule has 6 heteroatoms. The number of carbonyl (C=O) groups excluding carboxylic acids is 2. The minimum atomic E-state index is -0.464. The van der Waals surface area contributed by atoms with Crippen molar-refractivity contribution in [2.45, 2.75) is 44.2 Å². The quantitative estimate of drug-likeness (QED) is 0.791. The smallest absolute Gasteiger partial charge is 0.411 e. The maximum atomic E-state index is 12.3. The maximum Gasteiger partial charge on any atom is 0.411 e. The number of halogens is 1. The van der Waals surface area contributed by atoms with Gasteiger partial charge in [0.05, 0.1) is 6.42 Å². The molecule has 2 aromatic rings. The summed E-state index contributed by atoms with van der Waals surface area (Å²) in [5.74, 6) is -0.0671. The van der Waals surface area contributed by atoms with E-state index in [1.165, 1.54) is 0 Å². The summed E-state index contributed by atoms with van der Waals surface area (Å²) < 4.78 is 5.52. The fourth-order valence-corrected chi connectivity index (χ4v) is 3.50. The zero-order valence-corrected chi connectivity index (χ0v) is 15.7. The number of ether oxygens (including phenoxy) is 1. The van der Waals surface area contributed by atoms with Crippen LogP contribution in [0.4, 0.5) is 10.5 Å². The number of hydrogen-bond donors (Lipinski definition) is 2. The van der Waals surface area contributed by atoms with E-state index in [4.69, 9.17) is 16.3 Å². The Labute approximate surface area is 164 Å². The highest BCUT2D eigenvalue weighted by atomic mass is 35.5. The summed E-state index contributed by atoms with van der Waals surface area (Å²) in [7, 11) is 0. The van der Waals surface area contributed by atoms with Crippen LogP contribution in [0.5, 0.6) is 0 Å². The lowest BCUT2D eigenvalue weighted by molar-refractivity contribution is -0.121. The summed E-state index contributed by atoms with van der Waals surface area (Å²) in [6, 6.07) is 16.5. The Morgan fingerprint density at radius 3 is 2.56 bits per heavy atom. The number of carbonyl (C=O) groups is 2. The molecule has 1 saturated carbocycles. The van der Waals surface area contributed by atoms with Crippen LogP contribution in [0.1, 0.15) is 31.2 Å². The zero-order chi connectivity index (χ0) is 19.1. The van der Waals surface area contributed by atoms with Gasteiger partial charge in [-0.05, 0) is 43.0 Å². The predicted molar refractivity (Wildman–Crippen MR) is 106 cm³/mol. The Balaban J connectivity index is 1.46. The van der Waals surface area contributed by atoms with Gasteiger partial charge >= 0.3 is 6.09 Å². The van der Waals surface area contributed by atoms with Gasteiger partial charge in [-0.15, -0.1) is 0 Å². The number of rotatable bonds is 5. The first kappa shape index (κ1) is 19.2. The second-order valence-corrected chi connectivity index (χ2v) is 7.12. The Kier molecular flexibility index (Phi) is 6.71. The highest BCUT2D eigenvalue weighted by Gasteiger charge is 2.26. The van der Waals surface area contributed by atoms with Crippen molar-refractivity contribution in [3.05, 3.63) is 65.2 Å². The Bertz CT molecular complexity index is 782. The summed E-state index contributed by atoms with van der Waals surface area (Å²) in [4.78, 5) is 24.4. The first-order valence-corrected chi connectivity index (χ1v) is 9.53. The van der Waals surface area contributed by atoms with E-state index in [0.717, 1.165) is 24.8 Å². The second-order valence-electron chi connectivity index (χ2n) is 6.72. The predicted octanol–water partition coefficient (Wildman–Crippen LogP) is 4.56. The van der Waals surface area contributed by atoms with Gasteiger partial charge in [0, 0.05) is 23.2 Å². The third kappa shape index (κ3) is 6.00. The molecule has 0 spiro atoms. The lowest BCUT2D eigenvalue weighted by Crippen LogP contribution is -2.41. The number of benzene rings is 2. The number of para-hydroxylation sites is 1. The normalized spacial score (nSPS) is 19.1. The first-order chi connectivity index (χ1) is 13.1. The molecule has 0 aliphatic heterocycles. The molecule has 0 heterocycles. The van der Waals surface area contributed by atoms with E-state index >= 15 is 0 Å². The monoisotopic (exact) mass is 386 g/mol. The van der Waals surface area contributed by atoms with Crippen molar-refractivity contribution in [3.63, 3.8) is 0 Å². The lowest BCUT2D eigenvalue weighted by atomic mass is 9.92. The van der Waals surface area contributed by atoms with Gasteiger partial charge in [0.25, 0.3) is 0 Å². The molecular weight excluding hydrogens is 364 g/mol. The van der Waals surface area contributed by atoms with Gasteiger partial charge in [-0.1, -0.05) is 48.0 Å². The van der Waals surface area contributed by atoms with Crippen LogP contribution < -0.4 is 10.6 Å². The summed E-state index contributed by atoms with van der Waals surface area (Å²) in [6.45, 7) is 0. The van der Waals surface area contributed by atoms with Crippen molar-refractivity contribution in [1.29, 1.82) is 0 Å². The number of amides is 2. The molecule has 2 N–H and O–H groups in total. The second kappa shape index (κ2) is 9.42. The fraction of sp³-hybridized carbons (Fsp3) is 0.333. The number of nitrogens with one attached hydrogen (secondary N) is 2. The third-order valence-corrected chi connectivity index (χ3v) is 4.96. The summed E-state index contributed by atoms with van der Waals surface area (Å²) in [5.41, 5.74) is 1.51. The van der Waals surface area contributed by atoms with Gasteiger partial charge < -0.3 is 10.1 Å². The van der Waals surface area contributed by atoms with Gasteiger partial charge in [-0.2, -0.15) is 0 Å². The highest BCUT2D eigenvalue weighted by Crippen LogP contribution is 2.22. The SMILES string of the molecule is O=C(Cc1ccccc1Cl)N[C@H]1CCC[C@H](OC(=O)Nc2ccccc2)C1. The van der Waals surface area contributed by atoms with Crippen molar-refractivity contribution < 1.29 is 14.3 Å². The highest BCUT2D eigenvalue weighted by molar-refractivity contribution is 6.31. The van der Waals surface area contributed by atoms with Crippen LogP contribution >= 0.6 is 11.6 Å². The van der Waals surface area contributed by atoms with Crippen molar-refractivity contribution in [3.8, 4) is 0 Å². The average Bonchev–Trinajstić information content (AvgIpc) is 2.64. The molecule has 0 saturated heterocycles. The molecule has 0 aromatic heterocycles. The van der Waals surface area contributed by atoms with Crippen LogP contribution in [0.25, 0.3) is 0 Å². The Morgan fingerprint density at radius 1 is 1.04 bits per heavy atom. The Hall–Kier alpha value is -2.53. The molecule has 1 aliphatic carbocycles. The van der Waals surface area contributed by atoms with Crippen LogP contribution in [0, 0.1) is 0 Å². The van der Waals surface area contributed by atoms with Crippen molar-refractivity contribution in [2.24, 2.45) is 0 Å². The van der Waals surface area contributed by atoms with E-state index in [1.54, 1.807) is 18.2 Å². The van der Waals surface area contributed by atoms with E-state index in [-0.39, 0.29) is 24.5 Å². The molecule has 0 unspecified atom stereocenters. The maximum absolute atomic E-state index is 12.3. The molecule has 1 fully saturated rings. The molecule has 5 nitrogen and oxygen atoms in total. The van der Waals surface area contributed by atoms with Crippen molar-refractivity contribution >= 4 is 29.3 Å². The molecule has 27 heavy (non-hydrogen) atoms. The minimum absolute atomic E-state index is 0.00302. The van der Waals surface area contributed by atoms with E-state index in [9.17, 15) is 9.59 Å². The largest absolute Gasteiger partial charge is 0.446 e. The van der Waals surface area contributed by atoms with Crippen molar-refractivity contribution in [2.75, 3.05) is 5.32 Å². The van der Waals surface area contributed by atoms with Gasteiger partial charge in [0.15, 0.2) is 0 Å².